The standard InChI is InChI=1S/C24H24ClNO5/c1-31-19-10-6-5-9-16(19)22(28)20-21(14-11-12-18(27)17(25)13-14)26(24(30)23(20)29)15-7-3-2-4-8-15/h5-6,9-13,15,21,27-28H,2-4,7-8H2,1H3/b22-20-. The van der Waals surface area contributed by atoms with Crippen LogP contribution in [0.25, 0.3) is 5.76 Å². The number of carbonyl (C=O) groups is 2. The molecular weight excluding hydrogens is 418 g/mol. The van der Waals surface area contributed by atoms with Gasteiger partial charge in [0.05, 0.1) is 29.3 Å². The van der Waals surface area contributed by atoms with Crippen LogP contribution in [0.2, 0.25) is 5.02 Å². The Hall–Kier alpha value is -2.99. The van der Waals surface area contributed by atoms with Gasteiger partial charge in [-0.25, -0.2) is 0 Å². The molecule has 31 heavy (non-hydrogen) atoms. The zero-order valence-electron chi connectivity index (χ0n) is 17.2. The first-order valence-electron chi connectivity index (χ1n) is 10.4. The van der Waals surface area contributed by atoms with E-state index in [1.165, 1.54) is 13.2 Å². The van der Waals surface area contributed by atoms with Crippen LogP contribution in [-0.2, 0) is 9.59 Å². The van der Waals surface area contributed by atoms with Crippen LogP contribution < -0.4 is 4.74 Å². The van der Waals surface area contributed by atoms with Crippen molar-refractivity contribution in [3.8, 4) is 11.5 Å². The number of phenols is 1. The highest BCUT2D eigenvalue weighted by Crippen LogP contribution is 2.45. The monoisotopic (exact) mass is 441 g/mol. The molecule has 1 amide bonds. The number of ketones is 1. The van der Waals surface area contributed by atoms with Crippen molar-refractivity contribution in [3.63, 3.8) is 0 Å². The third kappa shape index (κ3) is 3.76. The lowest BCUT2D eigenvalue weighted by molar-refractivity contribution is -0.141. The predicted octanol–water partition coefficient (Wildman–Crippen LogP) is 4.81. The first-order chi connectivity index (χ1) is 14.9. The predicted molar refractivity (Wildman–Crippen MR) is 117 cm³/mol. The van der Waals surface area contributed by atoms with E-state index in [2.05, 4.69) is 0 Å². The van der Waals surface area contributed by atoms with Gasteiger partial charge < -0.3 is 19.8 Å². The van der Waals surface area contributed by atoms with E-state index in [9.17, 15) is 19.8 Å². The van der Waals surface area contributed by atoms with Crippen molar-refractivity contribution in [3.05, 3.63) is 64.2 Å². The molecule has 162 valence electrons. The van der Waals surface area contributed by atoms with Gasteiger partial charge in [0.15, 0.2) is 0 Å². The molecular formula is C24H24ClNO5. The number of likely N-dealkylation sites (tertiary alicyclic amines) is 1. The molecule has 1 heterocycles. The van der Waals surface area contributed by atoms with Crippen molar-refractivity contribution in [2.45, 2.75) is 44.2 Å². The van der Waals surface area contributed by atoms with E-state index >= 15 is 0 Å². The maximum atomic E-state index is 13.2. The summed E-state index contributed by atoms with van der Waals surface area (Å²) in [5.41, 5.74) is 0.896. The second kappa shape index (κ2) is 8.63. The Morgan fingerprint density at radius 3 is 2.48 bits per heavy atom. The van der Waals surface area contributed by atoms with Crippen LogP contribution in [0.3, 0.4) is 0 Å². The first kappa shape index (κ1) is 21.2. The number of phenolic OH excluding ortho intramolecular Hbond substituents is 1. The van der Waals surface area contributed by atoms with E-state index in [1.807, 2.05) is 0 Å². The number of amides is 1. The lowest BCUT2D eigenvalue weighted by Crippen LogP contribution is -2.40. The number of halogens is 1. The molecule has 1 aliphatic carbocycles. The van der Waals surface area contributed by atoms with Crippen LogP contribution in [0.4, 0.5) is 0 Å². The number of rotatable bonds is 4. The van der Waals surface area contributed by atoms with Crippen molar-refractivity contribution in [1.29, 1.82) is 0 Å². The van der Waals surface area contributed by atoms with Gasteiger partial charge >= 0.3 is 0 Å². The number of hydrogen-bond acceptors (Lipinski definition) is 5. The van der Waals surface area contributed by atoms with Crippen molar-refractivity contribution in [2.75, 3.05) is 7.11 Å². The van der Waals surface area contributed by atoms with Crippen LogP contribution in [0.5, 0.6) is 11.5 Å². The number of aromatic hydroxyl groups is 1. The Kier molecular flexibility index (Phi) is 5.92. The quantitative estimate of drug-likeness (QED) is 0.404. The van der Waals surface area contributed by atoms with Gasteiger partial charge in [0.1, 0.15) is 17.3 Å². The fourth-order valence-corrected chi connectivity index (χ4v) is 4.78. The Morgan fingerprint density at radius 2 is 1.81 bits per heavy atom. The molecule has 1 saturated heterocycles. The van der Waals surface area contributed by atoms with Crippen LogP contribution in [-0.4, -0.2) is 40.0 Å². The lowest BCUT2D eigenvalue weighted by Gasteiger charge is -2.35. The Morgan fingerprint density at radius 1 is 1.10 bits per heavy atom. The van der Waals surface area contributed by atoms with Crippen molar-refractivity contribution < 1.29 is 24.5 Å². The van der Waals surface area contributed by atoms with E-state index in [-0.39, 0.29) is 28.1 Å². The molecule has 0 spiro atoms. The van der Waals surface area contributed by atoms with Gasteiger partial charge in [0.2, 0.25) is 0 Å². The average molecular weight is 442 g/mol. The number of ether oxygens (including phenoxy) is 1. The second-order valence-corrected chi connectivity index (χ2v) is 8.32. The van der Waals surface area contributed by atoms with Gasteiger partial charge in [0.25, 0.3) is 11.7 Å². The Labute approximate surface area is 185 Å². The summed E-state index contributed by atoms with van der Waals surface area (Å²) in [6, 6.07) is 10.5. The molecule has 2 aromatic rings. The highest BCUT2D eigenvalue weighted by atomic mass is 35.5. The number of carbonyl (C=O) groups excluding carboxylic acids is 2. The number of Topliss-reactive ketones (excluding diaryl/α,β-unsaturated/α-hetero) is 1. The van der Waals surface area contributed by atoms with Gasteiger partial charge in [-0.2, -0.15) is 0 Å². The van der Waals surface area contributed by atoms with Crippen molar-refractivity contribution >= 4 is 29.1 Å². The minimum Gasteiger partial charge on any atom is -0.507 e. The summed E-state index contributed by atoms with van der Waals surface area (Å²) in [5, 5.41) is 21.2. The lowest BCUT2D eigenvalue weighted by atomic mass is 9.91. The number of benzene rings is 2. The molecule has 7 heteroatoms. The van der Waals surface area contributed by atoms with E-state index in [0.29, 0.717) is 16.9 Å². The maximum absolute atomic E-state index is 13.2. The third-order valence-corrected chi connectivity index (χ3v) is 6.40. The van der Waals surface area contributed by atoms with Crippen LogP contribution in [0.1, 0.15) is 49.3 Å². The fourth-order valence-electron chi connectivity index (χ4n) is 4.59. The SMILES string of the molecule is COc1ccccc1/C(O)=C1/C(=O)C(=O)N(C2CCCCC2)C1c1ccc(O)c(Cl)c1. The molecule has 1 atom stereocenters. The molecule has 2 aromatic carbocycles. The maximum Gasteiger partial charge on any atom is 0.295 e. The molecule has 0 bridgehead atoms. The van der Waals surface area contributed by atoms with E-state index in [0.717, 1.165) is 32.1 Å². The normalized spacial score (nSPS) is 21.5. The topological polar surface area (TPSA) is 87.1 Å². The van der Waals surface area contributed by atoms with E-state index in [1.54, 1.807) is 41.3 Å². The van der Waals surface area contributed by atoms with E-state index in [4.69, 9.17) is 16.3 Å². The third-order valence-electron chi connectivity index (χ3n) is 6.10. The number of methoxy groups -OCH3 is 1. The minimum absolute atomic E-state index is 0.00169. The minimum atomic E-state index is -0.800. The molecule has 2 fully saturated rings. The van der Waals surface area contributed by atoms with E-state index < -0.39 is 17.7 Å². The Bertz CT molecular complexity index is 1060. The summed E-state index contributed by atoms with van der Waals surface area (Å²) in [7, 11) is 1.48. The highest BCUT2D eigenvalue weighted by molar-refractivity contribution is 6.46. The summed E-state index contributed by atoms with van der Waals surface area (Å²) in [5.74, 6) is -1.35. The number of nitrogens with zero attached hydrogens (tertiary/aromatic N) is 1. The van der Waals surface area contributed by atoms with Crippen LogP contribution in [0.15, 0.2) is 48.0 Å². The number of aliphatic hydroxyl groups is 1. The van der Waals surface area contributed by atoms with Gasteiger partial charge in [0, 0.05) is 6.04 Å². The number of hydrogen-bond donors (Lipinski definition) is 2. The first-order valence-corrected chi connectivity index (χ1v) is 10.7. The van der Waals surface area contributed by atoms with Crippen LogP contribution >= 0.6 is 11.6 Å². The zero-order valence-corrected chi connectivity index (χ0v) is 17.9. The van der Waals surface area contributed by atoms with Crippen LogP contribution in [0, 0.1) is 0 Å². The summed E-state index contributed by atoms with van der Waals surface area (Å²) in [6.45, 7) is 0. The molecule has 0 radical (unpaired) electrons. The highest BCUT2D eigenvalue weighted by Gasteiger charge is 2.49. The molecule has 2 aliphatic rings. The number of para-hydroxylation sites is 1. The fraction of sp³-hybridized carbons (Fsp3) is 0.333. The summed E-state index contributed by atoms with van der Waals surface area (Å²) >= 11 is 6.15. The molecule has 2 N–H and O–H groups in total. The summed E-state index contributed by atoms with van der Waals surface area (Å²) < 4.78 is 5.35. The largest absolute Gasteiger partial charge is 0.507 e. The molecule has 1 aliphatic heterocycles. The summed E-state index contributed by atoms with van der Waals surface area (Å²) in [6.07, 6.45) is 4.64. The molecule has 1 unspecified atom stereocenters. The molecule has 0 aromatic heterocycles. The van der Waals surface area contributed by atoms with Gasteiger partial charge in [-0.15, -0.1) is 0 Å². The molecule has 1 saturated carbocycles. The molecule has 6 nitrogen and oxygen atoms in total. The average Bonchev–Trinajstić information content (AvgIpc) is 3.06. The summed E-state index contributed by atoms with van der Waals surface area (Å²) in [4.78, 5) is 27.9. The van der Waals surface area contributed by atoms with Gasteiger partial charge in [-0.05, 0) is 42.7 Å². The Balaban J connectivity index is 1.92. The smallest absolute Gasteiger partial charge is 0.295 e. The second-order valence-electron chi connectivity index (χ2n) is 7.91. The van der Waals surface area contributed by atoms with Crippen molar-refractivity contribution in [2.24, 2.45) is 0 Å². The van der Waals surface area contributed by atoms with Crippen molar-refractivity contribution in [1.82, 2.24) is 4.90 Å². The van der Waals surface area contributed by atoms with Gasteiger partial charge in [-0.1, -0.05) is 49.1 Å². The zero-order chi connectivity index (χ0) is 22.1. The number of aliphatic hydroxyl groups excluding tert-OH is 1. The molecule has 4 rings (SSSR count). The van der Waals surface area contributed by atoms with Gasteiger partial charge in [-0.3, -0.25) is 9.59 Å².